The molecule has 1 unspecified atom stereocenters. The van der Waals surface area contributed by atoms with Crippen LogP contribution in [0.25, 0.3) is 0 Å². The molecule has 2 aliphatic carbocycles. The first-order chi connectivity index (χ1) is 15.4. The Kier molecular flexibility index (Phi) is 9.25. The zero-order valence-corrected chi connectivity index (χ0v) is 22.7. The van der Waals surface area contributed by atoms with Gasteiger partial charge in [0.05, 0.1) is 7.11 Å². The van der Waals surface area contributed by atoms with Gasteiger partial charge in [-0.05, 0) is 57.7 Å². The first-order valence-corrected chi connectivity index (χ1v) is 15.7. The van der Waals surface area contributed by atoms with Crippen LogP contribution in [-0.2, 0) is 0 Å². The van der Waals surface area contributed by atoms with Crippen LogP contribution < -0.4 is 14.9 Å². The Labute approximate surface area is 199 Å². The molecule has 0 aliphatic heterocycles. The Morgan fingerprint density at radius 1 is 0.812 bits per heavy atom. The second kappa shape index (κ2) is 11.7. The molecule has 178 valence electrons. The van der Waals surface area contributed by atoms with Gasteiger partial charge in [-0.3, -0.25) is 0 Å². The molecule has 1 fully saturated rings. The molecule has 0 radical (unpaired) electrons. The Balaban J connectivity index is 1.97. The molecule has 1 saturated carbocycles. The van der Waals surface area contributed by atoms with Gasteiger partial charge in [-0.2, -0.15) is 0 Å². The standard InChI is InChI=1S/C29H47NOSi/c1-22-23(2)25(4)29(24(22)3)32(6,28-21-17-16-20-27(28)31-5)30-26-18-14-12-10-8-7-9-11-13-15-19-26/h16-17,20-21,24,26,30H,7-15,18-19H2,1-6H3/t24?,32-/m0/s1. The minimum absolute atomic E-state index is 0.510. The van der Waals surface area contributed by atoms with Crippen molar-refractivity contribution in [2.45, 2.75) is 111 Å². The van der Waals surface area contributed by atoms with Gasteiger partial charge in [0.25, 0.3) is 0 Å². The van der Waals surface area contributed by atoms with Gasteiger partial charge in [-0.15, -0.1) is 0 Å². The van der Waals surface area contributed by atoms with E-state index in [1.807, 2.05) is 7.11 Å². The van der Waals surface area contributed by atoms with E-state index in [1.165, 1.54) is 87.0 Å². The first-order valence-electron chi connectivity index (χ1n) is 13.2. The van der Waals surface area contributed by atoms with Gasteiger partial charge in [0.1, 0.15) is 5.75 Å². The number of para-hydroxylation sites is 1. The maximum absolute atomic E-state index is 5.93. The molecule has 0 heterocycles. The average Bonchev–Trinajstić information content (AvgIpc) is 2.98. The SMILES string of the molecule is COc1ccccc1[Si@](C)(NC1CCCCCCCCCCC1)C1=C(C)C(C)=C(C)C1C. The van der Waals surface area contributed by atoms with Gasteiger partial charge < -0.3 is 9.72 Å². The van der Waals surface area contributed by atoms with Crippen LogP contribution in [0.1, 0.15) is 98.3 Å². The second-order valence-electron chi connectivity index (χ2n) is 10.5. The van der Waals surface area contributed by atoms with Gasteiger partial charge in [0.15, 0.2) is 8.24 Å². The van der Waals surface area contributed by atoms with Crippen LogP contribution in [0.5, 0.6) is 5.75 Å². The van der Waals surface area contributed by atoms with Crippen LogP contribution in [0.2, 0.25) is 6.55 Å². The molecule has 1 N–H and O–H groups in total. The number of hydrogen-bond acceptors (Lipinski definition) is 2. The molecule has 2 aliphatic rings. The van der Waals surface area contributed by atoms with Crippen LogP contribution in [0, 0.1) is 5.92 Å². The second-order valence-corrected chi connectivity index (χ2v) is 14.1. The molecule has 0 aromatic heterocycles. The summed E-state index contributed by atoms with van der Waals surface area (Å²) in [6.45, 7) is 12.0. The van der Waals surface area contributed by atoms with Crippen molar-refractivity contribution in [2.75, 3.05) is 7.11 Å². The molecule has 32 heavy (non-hydrogen) atoms. The van der Waals surface area contributed by atoms with E-state index in [4.69, 9.17) is 4.74 Å². The van der Waals surface area contributed by atoms with Gasteiger partial charge >= 0.3 is 0 Å². The van der Waals surface area contributed by atoms with Gasteiger partial charge in [-0.1, -0.05) is 99.3 Å². The summed E-state index contributed by atoms with van der Waals surface area (Å²) in [4.78, 5) is 4.39. The highest BCUT2D eigenvalue weighted by molar-refractivity contribution is 6.95. The highest BCUT2D eigenvalue weighted by Gasteiger charge is 2.44. The molecule has 0 bridgehead atoms. The summed E-state index contributed by atoms with van der Waals surface area (Å²) < 4.78 is 5.93. The van der Waals surface area contributed by atoms with Crippen molar-refractivity contribution >= 4 is 13.4 Å². The predicted molar refractivity (Wildman–Crippen MR) is 142 cm³/mol. The monoisotopic (exact) mass is 453 g/mol. The van der Waals surface area contributed by atoms with Crippen molar-refractivity contribution in [1.29, 1.82) is 0 Å². The van der Waals surface area contributed by atoms with Crippen molar-refractivity contribution in [3.63, 3.8) is 0 Å². The van der Waals surface area contributed by atoms with E-state index in [0.29, 0.717) is 12.0 Å². The van der Waals surface area contributed by atoms with Crippen molar-refractivity contribution < 1.29 is 4.74 Å². The third-order valence-corrected chi connectivity index (χ3v) is 12.8. The largest absolute Gasteiger partial charge is 0.497 e. The Bertz CT molecular complexity index is 814. The molecule has 3 heteroatoms. The summed E-state index contributed by atoms with van der Waals surface area (Å²) in [6, 6.07) is 9.41. The van der Waals surface area contributed by atoms with Crippen LogP contribution in [0.15, 0.2) is 46.2 Å². The summed E-state index contributed by atoms with van der Waals surface area (Å²) in [7, 11) is -0.352. The minimum Gasteiger partial charge on any atom is -0.497 e. The number of benzene rings is 1. The smallest absolute Gasteiger partial charge is 0.187 e. The molecule has 2 nitrogen and oxygen atoms in total. The van der Waals surface area contributed by atoms with Gasteiger partial charge in [0, 0.05) is 11.2 Å². The van der Waals surface area contributed by atoms with E-state index >= 15 is 0 Å². The van der Waals surface area contributed by atoms with Gasteiger partial charge in [0.2, 0.25) is 0 Å². The molecule has 2 atom stereocenters. The van der Waals surface area contributed by atoms with Crippen molar-refractivity contribution in [3.8, 4) is 5.75 Å². The van der Waals surface area contributed by atoms with E-state index in [2.05, 4.69) is 63.5 Å². The summed E-state index contributed by atoms with van der Waals surface area (Å²) in [5.41, 5.74) is 4.57. The zero-order valence-electron chi connectivity index (χ0n) is 21.7. The quantitative estimate of drug-likeness (QED) is 0.464. The topological polar surface area (TPSA) is 21.3 Å². The lowest BCUT2D eigenvalue weighted by molar-refractivity contribution is 0.417. The lowest BCUT2D eigenvalue weighted by Crippen LogP contribution is -2.64. The summed E-state index contributed by atoms with van der Waals surface area (Å²) in [5, 5.41) is 3.08. The highest BCUT2D eigenvalue weighted by Crippen LogP contribution is 2.41. The molecular weight excluding hydrogens is 406 g/mol. The van der Waals surface area contributed by atoms with E-state index in [-0.39, 0.29) is 0 Å². The van der Waals surface area contributed by atoms with Crippen LogP contribution >= 0.6 is 0 Å². The van der Waals surface area contributed by atoms with E-state index in [9.17, 15) is 0 Å². The molecular formula is C29H47NOSi. The Morgan fingerprint density at radius 3 is 1.84 bits per heavy atom. The third kappa shape index (κ3) is 5.59. The van der Waals surface area contributed by atoms with Crippen LogP contribution in [-0.4, -0.2) is 21.4 Å². The predicted octanol–water partition coefficient (Wildman–Crippen LogP) is 7.58. The summed E-state index contributed by atoms with van der Waals surface area (Å²) >= 11 is 0. The van der Waals surface area contributed by atoms with E-state index < -0.39 is 8.24 Å². The van der Waals surface area contributed by atoms with Crippen molar-refractivity contribution in [2.24, 2.45) is 5.92 Å². The number of ether oxygens (including phenoxy) is 1. The number of rotatable bonds is 5. The summed E-state index contributed by atoms with van der Waals surface area (Å²) in [5.74, 6) is 1.56. The fraction of sp³-hybridized carbons (Fsp3) is 0.655. The summed E-state index contributed by atoms with van der Waals surface area (Å²) in [6.07, 6.45) is 15.3. The molecule has 0 amide bonds. The number of methoxy groups -OCH3 is 1. The molecule has 1 aromatic carbocycles. The van der Waals surface area contributed by atoms with Crippen LogP contribution in [0.4, 0.5) is 0 Å². The lowest BCUT2D eigenvalue weighted by atomic mass is 9.98. The molecule has 1 aromatic rings. The third-order valence-electron chi connectivity index (χ3n) is 8.42. The van der Waals surface area contributed by atoms with Gasteiger partial charge in [-0.25, -0.2) is 0 Å². The van der Waals surface area contributed by atoms with Crippen molar-refractivity contribution in [3.05, 3.63) is 46.2 Å². The fourth-order valence-electron chi connectivity index (χ4n) is 6.25. The Morgan fingerprint density at radius 2 is 1.34 bits per heavy atom. The number of nitrogens with one attached hydrogen (secondary N) is 1. The maximum Gasteiger partial charge on any atom is 0.187 e. The Hall–Kier alpha value is -1.32. The fourth-order valence-corrected chi connectivity index (χ4v) is 11.1. The average molecular weight is 454 g/mol. The van der Waals surface area contributed by atoms with E-state index in [0.717, 1.165) is 5.75 Å². The number of allylic oxidation sites excluding steroid dienone is 4. The first kappa shape index (κ1) is 25.3. The van der Waals surface area contributed by atoms with Crippen molar-refractivity contribution in [1.82, 2.24) is 4.98 Å². The zero-order chi connectivity index (χ0) is 23.1. The lowest BCUT2D eigenvalue weighted by Gasteiger charge is -2.39. The highest BCUT2D eigenvalue weighted by atomic mass is 28.3. The van der Waals surface area contributed by atoms with E-state index in [1.54, 1.807) is 10.8 Å². The molecule has 0 spiro atoms. The molecule has 3 rings (SSSR count). The maximum atomic E-state index is 5.93. The van der Waals surface area contributed by atoms with Crippen LogP contribution in [0.3, 0.4) is 0 Å². The number of hydrogen-bond donors (Lipinski definition) is 1. The normalized spacial score (nSPS) is 24.1. The molecule has 0 saturated heterocycles. The minimum atomic E-state index is -2.18.